The number of ether oxygens (including phenoxy) is 1. The van der Waals surface area contributed by atoms with Crippen LogP contribution in [0.25, 0.3) is 21.5 Å². The van der Waals surface area contributed by atoms with Gasteiger partial charge in [0.15, 0.2) is 0 Å². The summed E-state index contributed by atoms with van der Waals surface area (Å²) in [6.07, 6.45) is 19.9. The van der Waals surface area contributed by atoms with E-state index in [1.54, 1.807) is 10.6 Å². The van der Waals surface area contributed by atoms with Gasteiger partial charge >= 0.3 is 0 Å². The number of hydrogen-bond acceptors (Lipinski definition) is 1. The van der Waals surface area contributed by atoms with E-state index in [4.69, 9.17) is 4.74 Å². The van der Waals surface area contributed by atoms with E-state index >= 15 is 0 Å². The molecule has 0 bridgehead atoms. The van der Waals surface area contributed by atoms with Crippen molar-refractivity contribution in [2.45, 2.75) is 103 Å². The van der Waals surface area contributed by atoms with Crippen molar-refractivity contribution in [2.75, 3.05) is 0 Å². The molecular weight excluding hydrogens is 599 g/mol. The Morgan fingerprint density at radius 1 is 0.729 bits per heavy atom. The largest absolute Gasteiger partial charge is 0.489 e. The maximum Gasteiger partial charge on any atom is 0.124 e. The summed E-state index contributed by atoms with van der Waals surface area (Å²) in [7, 11) is -0.851. The van der Waals surface area contributed by atoms with Crippen LogP contribution in [0.4, 0.5) is 0 Å². The minimum absolute atomic E-state index is 0.0250. The number of allylic oxidation sites excluding steroid dienone is 4. The van der Waals surface area contributed by atoms with Gasteiger partial charge in [-0.25, -0.2) is 0 Å². The molecule has 1 heterocycles. The van der Waals surface area contributed by atoms with Crippen LogP contribution >= 0.6 is 7.92 Å². The van der Waals surface area contributed by atoms with Crippen LogP contribution in [0.1, 0.15) is 91.9 Å². The second kappa shape index (κ2) is 12.9. The fourth-order valence-electron chi connectivity index (χ4n) is 11.5. The Morgan fingerprint density at radius 2 is 1.40 bits per heavy atom. The number of rotatable bonds is 8. The second-order valence-electron chi connectivity index (χ2n) is 15.2. The molecule has 1 nitrogen and oxygen atoms in total. The van der Waals surface area contributed by atoms with E-state index in [1.165, 1.54) is 96.2 Å². The van der Waals surface area contributed by atoms with Crippen LogP contribution in [-0.2, 0) is 4.74 Å². The Morgan fingerprint density at radius 3 is 2.04 bits per heavy atom. The zero-order valence-electron chi connectivity index (χ0n) is 29.6. The Kier molecular flexibility index (Phi) is 8.65. The molecular formula is C46H53OP. The van der Waals surface area contributed by atoms with Gasteiger partial charge in [0.25, 0.3) is 0 Å². The molecule has 4 aromatic carbocycles. The number of hydrogen-bond donors (Lipinski definition) is 0. The topological polar surface area (TPSA) is 9.23 Å². The molecule has 1 aliphatic heterocycles. The zero-order chi connectivity index (χ0) is 32.9. The van der Waals surface area contributed by atoms with Crippen molar-refractivity contribution in [3.8, 4) is 0 Å². The molecule has 0 spiro atoms. The molecule has 2 heteroatoms. The summed E-state index contributed by atoms with van der Waals surface area (Å²) in [5.41, 5.74) is 3.06. The summed E-state index contributed by atoms with van der Waals surface area (Å²) in [6, 6.07) is 33.0. The highest BCUT2D eigenvalue weighted by atomic mass is 31.1. The zero-order valence-corrected chi connectivity index (χ0v) is 30.4. The van der Waals surface area contributed by atoms with E-state index in [-0.39, 0.29) is 16.7 Å². The molecule has 8 rings (SSSR count). The second-order valence-corrected chi connectivity index (χ2v) is 17.6. The summed E-state index contributed by atoms with van der Waals surface area (Å²) >= 11 is 0. The van der Waals surface area contributed by atoms with E-state index in [2.05, 4.69) is 131 Å². The van der Waals surface area contributed by atoms with Crippen molar-refractivity contribution in [3.05, 3.63) is 120 Å². The third-order valence-electron chi connectivity index (χ3n) is 13.3. The van der Waals surface area contributed by atoms with Crippen molar-refractivity contribution >= 4 is 40.1 Å². The minimum Gasteiger partial charge on any atom is -0.489 e. The van der Waals surface area contributed by atoms with Gasteiger partial charge in [0.2, 0.25) is 0 Å². The normalized spacial score (nSPS) is 30.2. The molecule has 248 valence electrons. The van der Waals surface area contributed by atoms with E-state index in [0.29, 0.717) is 17.8 Å². The van der Waals surface area contributed by atoms with Crippen LogP contribution in [0.5, 0.6) is 0 Å². The fourth-order valence-corrected chi connectivity index (χ4v) is 15.9. The van der Waals surface area contributed by atoms with Crippen LogP contribution in [0.3, 0.4) is 0 Å². The molecule has 0 aromatic heterocycles. The molecule has 0 saturated heterocycles. The molecule has 0 N–H and O–H groups in total. The molecule has 3 aliphatic carbocycles. The van der Waals surface area contributed by atoms with Crippen LogP contribution in [0.2, 0.25) is 0 Å². The van der Waals surface area contributed by atoms with E-state index in [1.807, 2.05) is 0 Å². The van der Waals surface area contributed by atoms with Crippen molar-refractivity contribution in [2.24, 2.45) is 23.2 Å². The fraction of sp³-hybridized carbons (Fsp3) is 0.435. The summed E-state index contributed by atoms with van der Waals surface area (Å²) in [6.45, 7) is 10.1. The highest BCUT2D eigenvalue weighted by Crippen LogP contribution is 2.75. The highest BCUT2D eigenvalue weighted by Gasteiger charge is 2.66. The molecule has 0 amide bonds. The number of fused-ring (bicyclic) bond motifs is 3. The van der Waals surface area contributed by atoms with Gasteiger partial charge in [0.1, 0.15) is 11.9 Å². The molecule has 4 aliphatic rings. The van der Waals surface area contributed by atoms with Crippen molar-refractivity contribution in [3.63, 3.8) is 0 Å². The van der Waals surface area contributed by atoms with Gasteiger partial charge in [0.05, 0.1) is 0 Å². The number of benzene rings is 4. The summed E-state index contributed by atoms with van der Waals surface area (Å²) in [4.78, 5) is 0. The first-order valence-electron chi connectivity index (χ1n) is 19.1. The lowest BCUT2D eigenvalue weighted by Gasteiger charge is -2.67. The highest BCUT2D eigenvalue weighted by molar-refractivity contribution is 7.75. The van der Waals surface area contributed by atoms with Gasteiger partial charge in [-0.1, -0.05) is 157 Å². The van der Waals surface area contributed by atoms with Gasteiger partial charge in [-0.05, 0) is 95.9 Å². The lowest BCUT2D eigenvalue weighted by molar-refractivity contribution is -0.0402. The maximum atomic E-state index is 7.34. The van der Waals surface area contributed by atoms with E-state index in [0.717, 1.165) is 6.42 Å². The standard InChI is InChI=1S/C46H53OP/c1-5-35-23-12-13-31-45(35,7-3)46(32(4)18-14-28-40(46)44-39-27-17-26-38(39)41(6-2)47-44)48(42-29-15-21-33-19-8-10-24-36(33)42)43-30-16-22-34-20-9-11-25-37(34)43/h8-11,15-17,19-22,24-27,29-30,32,35,40-41H,5-7,12-14,18,23,28,31H2,1-4H3. The molecule has 4 aromatic rings. The van der Waals surface area contributed by atoms with E-state index < -0.39 is 7.92 Å². The molecule has 6 unspecified atom stereocenters. The van der Waals surface area contributed by atoms with Gasteiger partial charge in [-0.2, -0.15) is 0 Å². The van der Waals surface area contributed by atoms with E-state index in [9.17, 15) is 0 Å². The Labute approximate surface area is 290 Å². The van der Waals surface area contributed by atoms with Gasteiger partial charge in [-0.15, -0.1) is 0 Å². The van der Waals surface area contributed by atoms with Crippen LogP contribution < -0.4 is 10.6 Å². The predicted octanol–water partition coefficient (Wildman–Crippen LogP) is 12.2. The van der Waals surface area contributed by atoms with Crippen LogP contribution in [0, 0.1) is 23.2 Å². The predicted molar refractivity (Wildman–Crippen MR) is 208 cm³/mol. The Bertz CT molecular complexity index is 1820. The van der Waals surface area contributed by atoms with Crippen LogP contribution in [0.15, 0.2) is 120 Å². The average Bonchev–Trinajstić information content (AvgIpc) is 3.76. The van der Waals surface area contributed by atoms with Crippen molar-refractivity contribution in [1.29, 1.82) is 0 Å². The Hall–Kier alpha value is -3.15. The summed E-state index contributed by atoms with van der Waals surface area (Å²) < 4.78 is 7.34. The monoisotopic (exact) mass is 652 g/mol. The first-order chi connectivity index (χ1) is 23.6. The Balaban J connectivity index is 1.54. The lowest BCUT2D eigenvalue weighted by Crippen LogP contribution is -2.64. The summed E-state index contributed by atoms with van der Waals surface area (Å²) in [5, 5.41) is 8.82. The van der Waals surface area contributed by atoms with Gasteiger partial charge in [0, 0.05) is 22.2 Å². The minimum atomic E-state index is -0.851. The molecule has 0 radical (unpaired) electrons. The first kappa shape index (κ1) is 32.1. The van der Waals surface area contributed by atoms with Gasteiger partial charge < -0.3 is 4.74 Å². The van der Waals surface area contributed by atoms with Crippen molar-refractivity contribution in [1.82, 2.24) is 0 Å². The summed E-state index contributed by atoms with van der Waals surface area (Å²) in [5.74, 6) is 2.98. The quantitative estimate of drug-likeness (QED) is 0.172. The molecule has 2 saturated carbocycles. The smallest absolute Gasteiger partial charge is 0.124 e. The average molecular weight is 653 g/mol. The first-order valence-corrected chi connectivity index (χ1v) is 20.5. The van der Waals surface area contributed by atoms with Gasteiger partial charge in [-0.3, -0.25) is 0 Å². The maximum absolute atomic E-state index is 7.34. The molecule has 2 fully saturated rings. The van der Waals surface area contributed by atoms with Crippen molar-refractivity contribution < 1.29 is 4.74 Å². The third kappa shape index (κ3) is 4.66. The van der Waals surface area contributed by atoms with Crippen LogP contribution in [-0.4, -0.2) is 11.3 Å². The third-order valence-corrected chi connectivity index (χ3v) is 17.0. The molecule has 6 atom stereocenters. The lowest BCUT2D eigenvalue weighted by atomic mass is 9.49. The molecule has 48 heavy (non-hydrogen) atoms. The SMILES string of the molecule is CCC1OC(C2CCCC(C)C2(P(c2cccc3ccccc23)c2cccc3ccccc23)C2(CC)CCCCC2CC)=C2C=CC=C21.